The van der Waals surface area contributed by atoms with Gasteiger partial charge in [0.05, 0.1) is 6.61 Å². The van der Waals surface area contributed by atoms with Gasteiger partial charge >= 0.3 is 0 Å². The van der Waals surface area contributed by atoms with Crippen molar-refractivity contribution in [3.8, 4) is 0 Å². The SMILES string of the molecule is CN(C)CCCN(C)c1ccccc1CO. The standard InChI is InChI=1S/C13H22N2O/c1-14(2)9-6-10-15(3)13-8-5-4-7-12(13)11-16/h4-5,7-8,16H,6,9-11H2,1-3H3. The van der Waals surface area contributed by atoms with Crippen LogP contribution >= 0.6 is 0 Å². The van der Waals surface area contributed by atoms with Crippen LogP contribution in [0.1, 0.15) is 12.0 Å². The monoisotopic (exact) mass is 222 g/mol. The third-order valence-corrected chi connectivity index (χ3v) is 2.67. The van der Waals surface area contributed by atoms with Crippen LogP contribution in [0.15, 0.2) is 24.3 Å². The molecule has 3 nitrogen and oxygen atoms in total. The molecule has 0 amide bonds. The van der Waals surface area contributed by atoms with E-state index in [9.17, 15) is 5.11 Å². The average Bonchev–Trinajstić information content (AvgIpc) is 2.28. The van der Waals surface area contributed by atoms with E-state index >= 15 is 0 Å². The summed E-state index contributed by atoms with van der Waals surface area (Å²) in [5, 5.41) is 9.25. The molecule has 1 aromatic rings. The molecule has 0 fully saturated rings. The Morgan fingerprint density at radius 1 is 1.06 bits per heavy atom. The van der Waals surface area contributed by atoms with E-state index in [1.165, 1.54) is 0 Å². The van der Waals surface area contributed by atoms with E-state index in [0.717, 1.165) is 30.8 Å². The Labute approximate surface area is 98.3 Å². The predicted molar refractivity (Wildman–Crippen MR) is 68.8 cm³/mol. The maximum atomic E-state index is 9.25. The van der Waals surface area contributed by atoms with Crippen LogP contribution in [0.4, 0.5) is 5.69 Å². The zero-order valence-corrected chi connectivity index (χ0v) is 10.5. The van der Waals surface area contributed by atoms with E-state index in [1.807, 2.05) is 18.2 Å². The highest BCUT2D eigenvalue weighted by Crippen LogP contribution is 2.18. The molecule has 1 N–H and O–H groups in total. The molecule has 1 aromatic carbocycles. The molecular formula is C13H22N2O. The molecule has 0 bridgehead atoms. The van der Waals surface area contributed by atoms with E-state index in [0.29, 0.717) is 0 Å². The van der Waals surface area contributed by atoms with Gasteiger partial charge in [-0.05, 0) is 33.1 Å². The third kappa shape index (κ3) is 3.83. The van der Waals surface area contributed by atoms with Gasteiger partial charge in [-0.2, -0.15) is 0 Å². The lowest BCUT2D eigenvalue weighted by molar-refractivity contribution is 0.282. The first kappa shape index (κ1) is 13.0. The van der Waals surface area contributed by atoms with Crippen LogP contribution in [0.5, 0.6) is 0 Å². The smallest absolute Gasteiger partial charge is 0.0702 e. The van der Waals surface area contributed by atoms with Crippen molar-refractivity contribution < 1.29 is 5.11 Å². The highest BCUT2D eigenvalue weighted by Gasteiger charge is 2.05. The summed E-state index contributed by atoms with van der Waals surface area (Å²) >= 11 is 0. The Hall–Kier alpha value is -1.06. The van der Waals surface area contributed by atoms with Crippen molar-refractivity contribution in [3.63, 3.8) is 0 Å². The highest BCUT2D eigenvalue weighted by molar-refractivity contribution is 5.52. The Balaban J connectivity index is 2.55. The van der Waals surface area contributed by atoms with Gasteiger partial charge in [-0.25, -0.2) is 0 Å². The maximum Gasteiger partial charge on any atom is 0.0702 e. The van der Waals surface area contributed by atoms with Crippen LogP contribution in [-0.2, 0) is 6.61 Å². The van der Waals surface area contributed by atoms with Crippen molar-refractivity contribution in [2.24, 2.45) is 0 Å². The molecule has 0 aromatic heterocycles. The van der Waals surface area contributed by atoms with Crippen molar-refractivity contribution in [2.75, 3.05) is 39.1 Å². The van der Waals surface area contributed by atoms with Gasteiger partial charge in [0.1, 0.15) is 0 Å². The van der Waals surface area contributed by atoms with Gasteiger partial charge in [0, 0.05) is 24.8 Å². The van der Waals surface area contributed by atoms with Gasteiger partial charge in [-0.15, -0.1) is 0 Å². The second-order valence-electron chi connectivity index (χ2n) is 4.37. The summed E-state index contributed by atoms with van der Waals surface area (Å²) in [5.74, 6) is 0. The molecule has 0 heterocycles. The summed E-state index contributed by atoms with van der Waals surface area (Å²) in [6, 6.07) is 8.00. The number of aliphatic hydroxyl groups excluding tert-OH is 1. The van der Waals surface area contributed by atoms with E-state index in [4.69, 9.17) is 0 Å². The Morgan fingerprint density at radius 3 is 2.38 bits per heavy atom. The number of rotatable bonds is 6. The molecule has 90 valence electrons. The first-order valence-electron chi connectivity index (χ1n) is 5.69. The number of para-hydroxylation sites is 1. The molecule has 0 spiro atoms. The van der Waals surface area contributed by atoms with E-state index < -0.39 is 0 Å². The van der Waals surface area contributed by atoms with Crippen LogP contribution in [-0.4, -0.2) is 44.2 Å². The fourth-order valence-corrected chi connectivity index (χ4v) is 1.76. The molecule has 1 rings (SSSR count). The Morgan fingerprint density at radius 2 is 1.75 bits per heavy atom. The Bertz CT molecular complexity index is 313. The highest BCUT2D eigenvalue weighted by atomic mass is 16.3. The molecule has 3 heteroatoms. The predicted octanol–water partition coefficient (Wildman–Crippen LogP) is 1.57. The van der Waals surface area contributed by atoms with Crippen molar-refractivity contribution in [3.05, 3.63) is 29.8 Å². The minimum absolute atomic E-state index is 0.105. The van der Waals surface area contributed by atoms with E-state index in [-0.39, 0.29) is 6.61 Å². The van der Waals surface area contributed by atoms with Gasteiger partial charge in [0.2, 0.25) is 0 Å². The van der Waals surface area contributed by atoms with Gasteiger partial charge in [-0.1, -0.05) is 18.2 Å². The molecule has 0 atom stereocenters. The van der Waals surface area contributed by atoms with Gasteiger partial charge in [0.25, 0.3) is 0 Å². The number of nitrogens with zero attached hydrogens (tertiary/aromatic N) is 2. The van der Waals surface area contributed by atoms with E-state index in [2.05, 4.69) is 37.0 Å². The quantitative estimate of drug-likeness (QED) is 0.791. The molecule has 0 aliphatic heterocycles. The second-order valence-corrected chi connectivity index (χ2v) is 4.37. The van der Waals surface area contributed by atoms with Crippen molar-refractivity contribution in [2.45, 2.75) is 13.0 Å². The second kappa shape index (κ2) is 6.51. The number of anilines is 1. The van der Waals surface area contributed by atoms with Crippen LogP contribution < -0.4 is 4.90 Å². The van der Waals surface area contributed by atoms with Crippen molar-refractivity contribution in [1.29, 1.82) is 0 Å². The van der Waals surface area contributed by atoms with Crippen LogP contribution in [0, 0.1) is 0 Å². The summed E-state index contributed by atoms with van der Waals surface area (Å²) in [5.41, 5.74) is 2.12. The van der Waals surface area contributed by atoms with Gasteiger partial charge < -0.3 is 14.9 Å². The molecule has 0 saturated heterocycles. The Kier molecular flexibility index (Phi) is 5.29. The zero-order chi connectivity index (χ0) is 12.0. The summed E-state index contributed by atoms with van der Waals surface area (Å²) in [6.45, 7) is 2.20. The normalized spacial score (nSPS) is 10.8. The lowest BCUT2D eigenvalue weighted by Crippen LogP contribution is -2.24. The number of benzene rings is 1. The van der Waals surface area contributed by atoms with E-state index in [1.54, 1.807) is 0 Å². The summed E-state index contributed by atoms with van der Waals surface area (Å²) in [6.07, 6.45) is 1.13. The lowest BCUT2D eigenvalue weighted by Gasteiger charge is -2.22. The molecule has 0 aliphatic rings. The number of hydrogen-bond donors (Lipinski definition) is 1. The average molecular weight is 222 g/mol. The molecule has 0 aliphatic carbocycles. The summed E-state index contributed by atoms with van der Waals surface area (Å²) in [4.78, 5) is 4.39. The summed E-state index contributed by atoms with van der Waals surface area (Å²) < 4.78 is 0. The van der Waals surface area contributed by atoms with Crippen LogP contribution in [0.25, 0.3) is 0 Å². The minimum atomic E-state index is 0.105. The molecular weight excluding hydrogens is 200 g/mol. The first-order valence-corrected chi connectivity index (χ1v) is 5.69. The van der Waals surface area contributed by atoms with Crippen LogP contribution in [0.2, 0.25) is 0 Å². The topological polar surface area (TPSA) is 26.7 Å². The lowest BCUT2D eigenvalue weighted by atomic mass is 10.1. The molecule has 0 radical (unpaired) electrons. The van der Waals surface area contributed by atoms with Crippen LogP contribution in [0.3, 0.4) is 0 Å². The minimum Gasteiger partial charge on any atom is -0.392 e. The van der Waals surface area contributed by atoms with Gasteiger partial charge in [-0.3, -0.25) is 0 Å². The fraction of sp³-hybridized carbons (Fsp3) is 0.538. The molecule has 0 unspecified atom stereocenters. The molecule has 16 heavy (non-hydrogen) atoms. The zero-order valence-electron chi connectivity index (χ0n) is 10.5. The maximum absolute atomic E-state index is 9.25. The largest absolute Gasteiger partial charge is 0.392 e. The number of hydrogen-bond acceptors (Lipinski definition) is 3. The fourth-order valence-electron chi connectivity index (χ4n) is 1.76. The molecule has 0 saturated carbocycles. The first-order chi connectivity index (χ1) is 7.65. The number of aliphatic hydroxyl groups is 1. The van der Waals surface area contributed by atoms with Crippen molar-refractivity contribution >= 4 is 5.69 Å². The van der Waals surface area contributed by atoms with Gasteiger partial charge in [0.15, 0.2) is 0 Å². The third-order valence-electron chi connectivity index (χ3n) is 2.67. The van der Waals surface area contributed by atoms with Crippen molar-refractivity contribution in [1.82, 2.24) is 4.90 Å². The summed E-state index contributed by atoms with van der Waals surface area (Å²) in [7, 11) is 6.24.